The highest BCUT2D eigenvalue weighted by Crippen LogP contribution is 2.35. The lowest BCUT2D eigenvalue weighted by molar-refractivity contribution is -0.117. The van der Waals surface area contributed by atoms with Crippen LogP contribution in [0, 0.1) is 17.5 Å². The van der Waals surface area contributed by atoms with Gasteiger partial charge in [-0.15, -0.1) is 0 Å². The van der Waals surface area contributed by atoms with Crippen LogP contribution in [0.1, 0.15) is 46.0 Å². The second kappa shape index (κ2) is 9.39. The minimum absolute atomic E-state index is 0.0988. The predicted molar refractivity (Wildman–Crippen MR) is 132 cm³/mol. The van der Waals surface area contributed by atoms with Crippen LogP contribution in [0.25, 0.3) is 11.1 Å². The van der Waals surface area contributed by atoms with Gasteiger partial charge in [-0.25, -0.2) is 13.2 Å². The fourth-order valence-electron chi connectivity index (χ4n) is 4.66. The molecule has 0 aromatic heterocycles. The third kappa shape index (κ3) is 4.46. The van der Waals surface area contributed by atoms with Crippen LogP contribution in [0.3, 0.4) is 0 Å². The zero-order valence-corrected chi connectivity index (χ0v) is 20.0. The summed E-state index contributed by atoms with van der Waals surface area (Å²) in [6.07, 6.45) is 1.76. The van der Waals surface area contributed by atoms with Crippen molar-refractivity contribution in [2.75, 3.05) is 0 Å². The Morgan fingerprint density at radius 3 is 2.33 bits per heavy atom. The van der Waals surface area contributed by atoms with E-state index in [1.54, 1.807) is 30.5 Å². The number of nitrogens with one attached hydrogen (secondary N) is 1. The van der Waals surface area contributed by atoms with Gasteiger partial charge in [-0.3, -0.25) is 14.6 Å². The first-order valence-electron chi connectivity index (χ1n) is 11.3. The number of ketones is 1. The number of Topliss-reactive ketones (excluding diaryl/α,β-unsaturated/α-hetero) is 1. The summed E-state index contributed by atoms with van der Waals surface area (Å²) in [5.74, 6) is -3.05. The van der Waals surface area contributed by atoms with E-state index in [0.717, 1.165) is 29.0 Å². The van der Waals surface area contributed by atoms with E-state index < -0.39 is 29.7 Å². The minimum Gasteiger partial charge on any atom is -0.348 e. The molecule has 2 aliphatic rings. The molecule has 0 bridgehead atoms. The second-order valence-corrected chi connectivity index (χ2v) is 9.42. The smallest absolute Gasteiger partial charge is 0.252 e. The Bertz CT molecular complexity index is 1490. The van der Waals surface area contributed by atoms with E-state index in [1.807, 2.05) is 6.92 Å². The number of hydrogen-bond acceptors (Lipinski definition) is 3. The first-order chi connectivity index (χ1) is 17.2. The lowest BCUT2D eigenvalue weighted by Crippen LogP contribution is -2.15. The highest BCUT2D eigenvalue weighted by atomic mass is 35.5. The van der Waals surface area contributed by atoms with Crippen molar-refractivity contribution < 1.29 is 22.8 Å². The summed E-state index contributed by atoms with van der Waals surface area (Å²) < 4.78 is 43.3. The van der Waals surface area contributed by atoms with Gasteiger partial charge >= 0.3 is 0 Å². The topological polar surface area (TPSA) is 58.5 Å². The van der Waals surface area contributed by atoms with Crippen molar-refractivity contribution in [3.63, 3.8) is 0 Å². The molecule has 0 saturated heterocycles. The molecule has 4 nitrogen and oxygen atoms in total. The summed E-state index contributed by atoms with van der Waals surface area (Å²) >= 11 is 5.62. The standard InChI is InChI=1S/C28H20ClF3N2O2/c1-14-6-26(33-12-14)20-5-4-18(22-13-34-28(36)27(20)22)19-3-2-15(8-23(19)30)7-17(35)11-21-24(31)9-16(29)10-25(21)32/h2-5,8-10,12H,6-7,11,13H2,1H3,(H,34,36). The van der Waals surface area contributed by atoms with Gasteiger partial charge in [0.25, 0.3) is 5.91 Å². The molecule has 0 unspecified atom stereocenters. The van der Waals surface area contributed by atoms with Gasteiger partial charge in [-0.05, 0) is 47.4 Å². The van der Waals surface area contributed by atoms with Crippen LogP contribution in [0.4, 0.5) is 13.2 Å². The Hall–Kier alpha value is -3.71. The molecular weight excluding hydrogens is 489 g/mol. The molecule has 0 spiro atoms. The zero-order chi connectivity index (χ0) is 25.6. The molecular formula is C28H20ClF3N2O2. The molecule has 3 aromatic carbocycles. The van der Waals surface area contributed by atoms with Gasteiger partial charge in [0, 0.05) is 53.7 Å². The Morgan fingerprint density at radius 2 is 1.67 bits per heavy atom. The third-order valence-electron chi connectivity index (χ3n) is 6.37. The predicted octanol–water partition coefficient (Wildman–Crippen LogP) is 6.12. The number of aliphatic imine (C=N–C) groups is 1. The van der Waals surface area contributed by atoms with Gasteiger partial charge in [-0.1, -0.05) is 35.9 Å². The molecule has 0 fully saturated rings. The summed E-state index contributed by atoms with van der Waals surface area (Å²) in [4.78, 5) is 29.5. The lowest BCUT2D eigenvalue weighted by atomic mass is 9.90. The fourth-order valence-corrected chi connectivity index (χ4v) is 4.86. The number of hydrogen-bond donors (Lipinski definition) is 1. The first-order valence-corrected chi connectivity index (χ1v) is 11.7. The highest BCUT2D eigenvalue weighted by molar-refractivity contribution is 6.30. The molecule has 3 aromatic rings. The number of allylic oxidation sites excluding steroid dienone is 1. The van der Waals surface area contributed by atoms with Crippen molar-refractivity contribution in [3.05, 3.63) is 105 Å². The first kappa shape index (κ1) is 24.0. The van der Waals surface area contributed by atoms with Crippen LogP contribution in [-0.4, -0.2) is 17.4 Å². The highest BCUT2D eigenvalue weighted by Gasteiger charge is 2.29. The monoisotopic (exact) mass is 508 g/mol. The van der Waals surface area contributed by atoms with Crippen molar-refractivity contribution in [2.45, 2.75) is 32.7 Å². The maximum atomic E-state index is 15.2. The molecule has 1 N–H and O–H groups in total. The van der Waals surface area contributed by atoms with Crippen molar-refractivity contribution in [3.8, 4) is 11.1 Å². The van der Waals surface area contributed by atoms with Crippen LogP contribution < -0.4 is 5.32 Å². The van der Waals surface area contributed by atoms with Gasteiger partial charge in [0.15, 0.2) is 0 Å². The van der Waals surface area contributed by atoms with Gasteiger partial charge in [0.05, 0.1) is 11.3 Å². The molecule has 0 radical (unpaired) electrons. The molecule has 8 heteroatoms. The van der Waals surface area contributed by atoms with Gasteiger partial charge in [-0.2, -0.15) is 0 Å². The number of amides is 1. The van der Waals surface area contributed by atoms with Crippen molar-refractivity contribution in [1.29, 1.82) is 0 Å². The van der Waals surface area contributed by atoms with E-state index in [-0.39, 0.29) is 29.5 Å². The van der Waals surface area contributed by atoms with Crippen LogP contribution in [-0.2, 0) is 24.2 Å². The van der Waals surface area contributed by atoms with E-state index in [1.165, 1.54) is 6.07 Å². The van der Waals surface area contributed by atoms with E-state index in [0.29, 0.717) is 34.2 Å². The number of rotatable bonds is 6. The van der Waals surface area contributed by atoms with Gasteiger partial charge in [0.1, 0.15) is 23.2 Å². The average Bonchev–Trinajstić information content (AvgIpc) is 3.42. The molecule has 182 valence electrons. The van der Waals surface area contributed by atoms with Gasteiger partial charge < -0.3 is 5.32 Å². The minimum atomic E-state index is -0.898. The maximum Gasteiger partial charge on any atom is 0.252 e. The number of benzene rings is 3. The number of carbonyl (C=O) groups excluding carboxylic acids is 2. The Morgan fingerprint density at radius 1 is 0.972 bits per heavy atom. The van der Waals surface area contributed by atoms with Crippen LogP contribution in [0.15, 0.2) is 59.2 Å². The fraction of sp³-hybridized carbons (Fsp3) is 0.179. The molecule has 0 atom stereocenters. The lowest BCUT2D eigenvalue weighted by Gasteiger charge is -2.13. The van der Waals surface area contributed by atoms with Crippen LogP contribution in [0.5, 0.6) is 0 Å². The molecule has 5 rings (SSSR count). The Kier molecular flexibility index (Phi) is 6.26. The largest absolute Gasteiger partial charge is 0.348 e. The molecule has 1 amide bonds. The van der Waals surface area contributed by atoms with Crippen LogP contribution in [0.2, 0.25) is 5.02 Å². The number of halogens is 4. The van der Waals surface area contributed by atoms with Gasteiger partial charge in [0.2, 0.25) is 0 Å². The Balaban J connectivity index is 1.40. The average molecular weight is 509 g/mol. The van der Waals surface area contributed by atoms with Crippen LogP contribution >= 0.6 is 11.6 Å². The second-order valence-electron chi connectivity index (χ2n) is 8.98. The maximum absolute atomic E-state index is 15.2. The molecule has 2 heterocycles. The van der Waals surface area contributed by atoms with Crippen molar-refractivity contribution >= 4 is 29.0 Å². The quantitative estimate of drug-likeness (QED) is 0.436. The summed E-state index contributed by atoms with van der Waals surface area (Å²) in [5, 5.41) is 2.72. The summed E-state index contributed by atoms with van der Waals surface area (Å²) in [5.41, 5.74) is 4.71. The number of nitrogens with zero attached hydrogens (tertiary/aromatic N) is 1. The summed E-state index contributed by atoms with van der Waals surface area (Å²) in [6, 6.07) is 9.85. The molecule has 0 aliphatic carbocycles. The molecule has 2 aliphatic heterocycles. The molecule has 0 saturated carbocycles. The third-order valence-corrected chi connectivity index (χ3v) is 6.59. The normalized spacial score (nSPS) is 14.4. The van der Waals surface area contributed by atoms with E-state index >= 15 is 4.39 Å². The van der Waals surface area contributed by atoms with E-state index in [9.17, 15) is 18.4 Å². The Labute approximate surface area is 210 Å². The van der Waals surface area contributed by atoms with E-state index in [4.69, 9.17) is 11.6 Å². The van der Waals surface area contributed by atoms with Crippen molar-refractivity contribution in [2.24, 2.45) is 4.99 Å². The summed E-state index contributed by atoms with van der Waals surface area (Å²) in [7, 11) is 0. The van der Waals surface area contributed by atoms with Crippen molar-refractivity contribution in [1.82, 2.24) is 5.32 Å². The summed E-state index contributed by atoms with van der Waals surface area (Å²) in [6.45, 7) is 2.24. The zero-order valence-electron chi connectivity index (χ0n) is 19.2. The SMILES string of the molecule is CC1=CN=C(c2ccc(-c3ccc(CC(=O)Cc4c(F)cc(Cl)cc4F)cc3F)c3c2C(=O)NC3)C1. The number of carbonyl (C=O) groups is 2. The molecule has 36 heavy (non-hydrogen) atoms. The van der Waals surface area contributed by atoms with E-state index in [2.05, 4.69) is 10.3 Å². The number of fused-ring (bicyclic) bond motifs is 1.